The van der Waals surface area contributed by atoms with Crippen LogP contribution in [0.4, 0.5) is 0 Å². The van der Waals surface area contributed by atoms with Gasteiger partial charge in [0.1, 0.15) is 17.2 Å². The maximum absolute atomic E-state index is 13.7. The van der Waals surface area contributed by atoms with Gasteiger partial charge in [0.15, 0.2) is 5.78 Å². The van der Waals surface area contributed by atoms with E-state index in [0.29, 0.717) is 22.7 Å². The Morgan fingerprint density at radius 1 is 1.00 bits per heavy atom. The van der Waals surface area contributed by atoms with Crippen LogP contribution in [0.15, 0.2) is 60.0 Å². The second kappa shape index (κ2) is 11.5. The second-order valence-electron chi connectivity index (χ2n) is 9.92. The van der Waals surface area contributed by atoms with Gasteiger partial charge in [-0.1, -0.05) is 36.2 Å². The van der Waals surface area contributed by atoms with Crippen LogP contribution in [0.1, 0.15) is 56.6 Å². The Morgan fingerprint density at radius 3 is 2.40 bits per heavy atom. The first-order valence-electron chi connectivity index (χ1n) is 12.7. The van der Waals surface area contributed by atoms with Crippen molar-refractivity contribution >= 4 is 64.0 Å². The fraction of sp³-hybridized carbons (Fsp3) is 0.276. The second-order valence-corrected chi connectivity index (χ2v) is 11.7. The fourth-order valence-electron chi connectivity index (χ4n) is 5.13. The third-order valence-corrected chi connectivity index (χ3v) is 8.60. The SMILES string of the molecule is C[C@@H]1CC[C@@H]2C(=O)N(N(CC(=O)c3ccc(OC(=O)c4cccs4)cc3)C(=O)c3ccc(Cl)cc3Cl)C(=O)[C@H]2C1. The number of hydrogen-bond donors (Lipinski definition) is 0. The van der Waals surface area contributed by atoms with Gasteiger partial charge in [0.2, 0.25) is 0 Å². The van der Waals surface area contributed by atoms with Gasteiger partial charge in [-0.2, -0.15) is 5.01 Å². The van der Waals surface area contributed by atoms with Crippen molar-refractivity contribution in [1.82, 2.24) is 10.0 Å². The predicted molar refractivity (Wildman–Crippen MR) is 149 cm³/mol. The number of rotatable bonds is 7. The van der Waals surface area contributed by atoms with Gasteiger partial charge in [-0.3, -0.25) is 19.2 Å². The van der Waals surface area contributed by atoms with Gasteiger partial charge in [0.25, 0.3) is 17.7 Å². The number of ether oxygens (including phenoxy) is 1. The molecule has 3 aromatic rings. The number of halogens is 2. The van der Waals surface area contributed by atoms with Gasteiger partial charge >= 0.3 is 5.97 Å². The number of hydrazine groups is 1. The number of amides is 3. The van der Waals surface area contributed by atoms with Gasteiger partial charge in [-0.15, -0.1) is 11.3 Å². The molecule has 0 spiro atoms. The lowest BCUT2D eigenvalue weighted by Gasteiger charge is -2.30. The summed E-state index contributed by atoms with van der Waals surface area (Å²) < 4.78 is 5.34. The summed E-state index contributed by atoms with van der Waals surface area (Å²) >= 11 is 13.5. The summed E-state index contributed by atoms with van der Waals surface area (Å²) in [4.78, 5) is 66.7. The maximum atomic E-state index is 13.7. The molecule has 2 aliphatic rings. The first-order valence-corrected chi connectivity index (χ1v) is 14.3. The third-order valence-electron chi connectivity index (χ3n) is 7.20. The van der Waals surface area contributed by atoms with Gasteiger partial charge in [0, 0.05) is 10.6 Å². The average molecular weight is 599 g/mol. The van der Waals surface area contributed by atoms with Crippen molar-refractivity contribution in [3.63, 3.8) is 0 Å². The molecule has 1 aliphatic carbocycles. The minimum absolute atomic E-state index is 0.00135. The van der Waals surface area contributed by atoms with E-state index in [0.717, 1.165) is 16.4 Å². The smallest absolute Gasteiger partial charge is 0.353 e. The molecule has 2 heterocycles. The van der Waals surface area contributed by atoms with E-state index in [1.807, 2.05) is 6.92 Å². The molecule has 40 heavy (non-hydrogen) atoms. The summed E-state index contributed by atoms with van der Waals surface area (Å²) in [6, 6.07) is 13.4. The first-order chi connectivity index (χ1) is 19.1. The molecule has 2 fully saturated rings. The summed E-state index contributed by atoms with van der Waals surface area (Å²) in [6.45, 7) is 1.44. The van der Waals surface area contributed by atoms with Crippen molar-refractivity contribution in [1.29, 1.82) is 0 Å². The van der Waals surface area contributed by atoms with E-state index in [2.05, 4.69) is 0 Å². The van der Waals surface area contributed by atoms with Crippen LogP contribution >= 0.6 is 34.5 Å². The van der Waals surface area contributed by atoms with Crippen molar-refractivity contribution in [2.75, 3.05) is 6.54 Å². The van der Waals surface area contributed by atoms with Crippen molar-refractivity contribution in [2.24, 2.45) is 17.8 Å². The number of nitrogens with zero attached hydrogens (tertiary/aromatic N) is 2. The summed E-state index contributed by atoms with van der Waals surface area (Å²) in [5.74, 6) is -3.39. The number of thiophene rings is 1. The monoisotopic (exact) mass is 598 g/mol. The van der Waals surface area contributed by atoms with Crippen LogP contribution < -0.4 is 4.74 Å². The van der Waals surface area contributed by atoms with Gasteiger partial charge in [-0.25, -0.2) is 9.80 Å². The summed E-state index contributed by atoms with van der Waals surface area (Å²) in [5.41, 5.74) is 0.194. The topological polar surface area (TPSA) is 101 Å². The van der Waals surface area contributed by atoms with Crippen LogP contribution in [-0.4, -0.2) is 46.0 Å². The van der Waals surface area contributed by atoms with Gasteiger partial charge in [0.05, 0.1) is 22.4 Å². The average Bonchev–Trinajstić information content (AvgIpc) is 3.55. The Hall–Kier alpha value is -3.53. The van der Waals surface area contributed by atoms with Crippen LogP contribution in [0, 0.1) is 17.8 Å². The molecule has 3 atom stereocenters. The van der Waals surface area contributed by atoms with Crippen LogP contribution in [0.2, 0.25) is 10.0 Å². The van der Waals surface area contributed by atoms with E-state index in [1.54, 1.807) is 17.5 Å². The molecule has 206 valence electrons. The molecule has 3 amide bonds. The van der Waals surface area contributed by atoms with Crippen LogP contribution in [0.3, 0.4) is 0 Å². The van der Waals surface area contributed by atoms with E-state index in [-0.39, 0.29) is 27.8 Å². The highest BCUT2D eigenvalue weighted by Gasteiger charge is 2.53. The molecule has 1 saturated carbocycles. The molecule has 1 aromatic heterocycles. The Balaban J connectivity index is 1.41. The van der Waals surface area contributed by atoms with Crippen LogP contribution in [0.5, 0.6) is 5.75 Å². The van der Waals surface area contributed by atoms with Crippen LogP contribution in [0.25, 0.3) is 0 Å². The number of fused-ring (bicyclic) bond motifs is 1. The zero-order chi connectivity index (χ0) is 28.6. The number of hydrogen-bond acceptors (Lipinski definition) is 7. The molecule has 1 saturated heterocycles. The standard InChI is InChI=1S/C29H24Cl2N2O6S/c1-16-4-10-20-22(13-16)28(37)33(27(20)36)32(26(35)21-11-7-18(30)14-23(21)31)15-24(34)17-5-8-19(9-6-17)39-29(38)25-3-2-12-40-25/h2-3,5-9,11-12,14,16,20,22H,4,10,13,15H2,1H3/t16-,20+,22+/m1/s1. The lowest BCUT2D eigenvalue weighted by Crippen LogP contribution is -2.52. The quantitative estimate of drug-likeness (QED) is 0.144. The molecule has 2 aromatic carbocycles. The number of benzene rings is 2. The first kappa shape index (κ1) is 28.0. The molecule has 0 radical (unpaired) electrons. The Kier molecular flexibility index (Phi) is 8.07. The predicted octanol–water partition coefficient (Wildman–Crippen LogP) is 5.94. The molecular formula is C29H24Cl2N2O6S. The normalized spacial score (nSPS) is 20.3. The van der Waals surface area contributed by atoms with Gasteiger partial charge in [-0.05, 0) is 79.1 Å². The van der Waals surface area contributed by atoms with Crippen molar-refractivity contribution in [2.45, 2.75) is 26.2 Å². The maximum Gasteiger partial charge on any atom is 0.353 e. The highest BCUT2D eigenvalue weighted by atomic mass is 35.5. The molecule has 0 unspecified atom stereocenters. The summed E-state index contributed by atoms with van der Waals surface area (Å²) in [5, 5.41) is 3.80. The highest BCUT2D eigenvalue weighted by molar-refractivity contribution is 7.12. The van der Waals surface area contributed by atoms with E-state index in [9.17, 15) is 24.0 Å². The minimum Gasteiger partial charge on any atom is -0.422 e. The Labute approximate surface area is 244 Å². The van der Waals surface area contributed by atoms with E-state index in [4.69, 9.17) is 27.9 Å². The number of imide groups is 1. The number of Topliss-reactive ketones (excluding diaryl/α,β-unsaturated/α-hetero) is 1. The van der Waals surface area contributed by atoms with Crippen molar-refractivity contribution < 1.29 is 28.7 Å². The molecule has 11 heteroatoms. The lowest BCUT2D eigenvalue weighted by atomic mass is 9.76. The third kappa shape index (κ3) is 5.54. The molecular weight excluding hydrogens is 575 g/mol. The Morgan fingerprint density at radius 2 is 1.73 bits per heavy atom. The number of ketones is 1. The molecule has 1 aliphatic heterocycles. The largest absolute Gasteiger partial charge is 0.422 e. The highest BCUT2D eigenvalue weighted by Crippen LogP contribution is 2.41. The van der Waals surface area contributed by atoms with Crippen molar-refractivity contribution in [3.05, 3.63) is 86.0 Å². The molecule has 8 nitrogen and oxygen atoms in total. The number of carbonyl (C=O) groups excluding carboxylic acids is 5. The Bertz CT molecular complexity index is 1490. The lowest BCUT2D eigenvalue weighted by molar-refractivity contribution is -0.154. The molecule has 0 bridgehead atoms. The van der Waals surface area contributed by atoms with E-state index < -0.39 is 47.9 Å². The summed E-state index contributed by atoms with van der Waals surface area (Å²) in [7, 11) is 0. The fourth-order valence-corrected chi connectivity index (χ4v) is 6.22. The molecule has 5 rings (SSSR count). The zero-order valence-electron chi connectivity index (χ0n) is 21.3. The van der Waals surface area contributed by atoms with Crippen molar-refractivity contribution in [3.8, 4) is 5.75 Å². The van der Waals surface area contributed by atoms with E-state index >= 15 is 0 Å². The zero-order valence-corrected chi connectivity index (χ0v) is 23.7. The number of carbonyl (C=O) groups is 5. The minimum atomic E-state index is -0.773. The molecule has 0 N–H and O–H groups in total. The van der Waals surface area contributed by atoms with Gasteiger partial charge < -0.3 is 4.74 Å². The van der Waals surface area contributed by atoms with Crippen LogP contribution in [-0.2, 0) is 9.59 Å². The van der Waals surface area contributed by atoms with E-state index in [1.165, 1.54) is 53.8 Å². The number of esters is 1. The summed E-state index contributed by atoms with van der Waals surface area (Å²) in [6.07, 6.45) is 1.87.